The van der Waals surface area contributed by atoms with Crippen LogP contribution >= 0.6 is 0 Å². The number of pyridine rings is 1. The third-order valence-electron chi connectivity index (χ3n) is 4.01. The highest BCUT2D eigenvalue weighted by Gasteiger charge is 2.28. The highest BCUT2D eigenvalue weighted by molar-refractivity contribution is 5.74. The Morgan fingerprint density at radius 2 is 2.25 bits per heavy atom. The van der Waals surface area contributed by atoms with Crippen molar-refractivity contribution in [1.29, 1.82) is 5.26 Å². The molecule has 0 aliphatic heterocycles. The molecular weight excluding hydrogens is 250 g/mol. The van der Waals surface area contributed by atoms with Crippen LogP contribution in [0.15, 0.2) is 16.5 Å². The van der Waals surface area contributed by atoms with Crippen molar-refractivity contribution in [3.05, 3.63) is 34.7 Å². The zero-order valence-electron chi connectivity index (χ0n) is 11.8. The number of furan rings is 1. The fourth-order valence-electron chi connectivity index (χ4n) is 2.97. The molecule has 2 aromatic rings. The minimum Gasteiger partial charge on any atom is -0.461 e. The van der Waals surface area contributed by atoms with Crippen LogP contribution < -0.4 is 10.7 Å². The molecule has 2 aromatic heterocycles. The Hall–Kier alpha value is -2.28. The van der Waals surface area contributed by atoms with Gasteiger partial charge in [0.05, 0.1) is 5.56 Å². The number of nitriles is 1. The maximum absolute atomic E-state index is 9.44. The first-order chi connectivity index (χ1) is 9.60. The van der Waals surface area contributed by atoms with Gasteiger partial charge in [-0.1, -0.05) is 6.92 Å². The number of H-pyrrole nitrogens is 1. The Balaban J connectivity index is 2.30. The van der Waals surface area contributed by atoms with Gasteiger partial charge < -0.3 is 4.42 Å². The predicted molar refractivity (Wildman–Crippen MR) is 75.8 cm³/mol. The Labute approximate surface area is 118 Å². The molecule has 102 valence electrons. The van der Waals surface area contributed by atoms with Gasteiger partial charge >= 0.3 is 0 Å². The zero-order chi connectivity index (χ0) is 14.3. The van der Waals surface area contributed by atoms with Crippen LogP contribution in [-0.4, -0.2) is 0 Å². The molecule has 0 spiro atoms. The molecule has 3 N–H and O–H groups in total. The molecule has 4 nitrogen and oxygen atoms in total. The summed E-state index contributed by atoms with van der Waals surface area (Å²) in [6.07, 6.45) is 3.07. The van der Waals surface area contributed by atoms with E-state index in [-0.39, 0.29) is 0 Å². The van der Waals surface area contributed by atoms with E-state index < -0.39 is 0 Å². The highest BCUT2D eigenvalue weighted by Crippen LogP contribution is 2.36. The highest BCUT2D eigenvalue weighted by atomic mass is 16.3. The largest absolute Gasteiger partial charge is 0.461 e. The van der Waals surface area contributed by atoms with E-state index >= 15 is 0 Å². The summed E-state index contributed by atoms with van der Waals surface area (Å²) in [5.74, 6) is 2.63. The Morgan fingerprint density at radius 1 is 1.45 bits per heavy atom. The van der Waals surface area contributed by atoms with Crippen LogP contribution in [0.25, 0.3) is 11.3 Å². The third-order valence-corrected chi connectivity index (χ3v) is 4.01. The molecule has 0 saturated heterocycles. The average Bonchev–Trinajstić information content (AvgIpc) is 2.84. The number of anilines is 1. The number of rotatable bonds is 1. The van der Waals surface area contributed by atoms with E-state index in [0.29, 0.717) is 17.3 Å². The van der Waals surface area contributed by atoms with Gasteiger partial charge in [-0.2, -0.15) is 5.26 Å². The lowest BCUT2D eigenvalue weighted by atomic mass is 9.83. The van der Waals surface area contributed by atoms with Gasteiger partial charge in [0, 0.05) is 12.0 Å². The molecule has 1 unspecified atom stereocenters. The summed E-state index contributed by atoms with van der Waals surface area (Å²) in [6.45, 7) is 4.14. The summed E-state index contributed by atoms with van der Waals surface area (Å²) in [6, 6.07) is 6.06. The minimum atomic E-state index is 0.435. The molecule has 1 aliphatic carbocycles. The minimum absolute atomic E-state index is 0.435. The summed E-state index contributed by atoms with van der Waals surface area (Å²) in [4.78, 5) is 3.20. The van der Waals surface area contributed by atoms with E-state index in [9.17, 15) is 5.26 Å². The second kappa shape index (κ2) is 4.68. The fraction of sp³-hybridized carbons (Fsp3) is 0.375. The van der Waals surface area contributed by atoms with Gasteiger partial charge in [0.25, 0.3) is 5.82 Å². The van der Waals surface area contributed by atoms with Gasteiger partial charge in [-0.25, -0.2) is 4.98 Å². The quantitative estimate of drug-likeness (QED) is 0.863. The van der Waals surface area contributed by atoms with Crippen molar-refractivity contribution < 1.29 is 9.40 Å². The van der Waals surface area contributed by atoms with Crippen LogP contribution in [0.4, 0.5) is 5.82 Å². The van der Waals surface area contributed by atoms with E-state index in [1.165, 1.54) is 5.56 Å². The number of hydrogen-bond donors (Lipinski definition) is 1. The molecule has 0 aromatic carbocycles. The second-order valence-electron chi connectivity index (χ2n) is 5.62. The van der Waals surface area contributed by atoms with Gasteiger partial charge in [0.2, 0.25) is 0 Å². The number of nitrogens with zero attached hydrogens (tertiary/aromatic N) is 1. The molecular formula is C16H18N3O+. The lowest BCUT2D eigenvalue weighted by molar-refractivity contribution is -0.375. The second-order valence-corrected chi connectivity index (χ2v) is 5.62. The number of aromatic amines is 1. The molecule has 0 saturated carbocycles. The molecule has 4 heteroatoms. The third kappa shape index (κ3) is 1.96. The Bertz CT molecular complexity index is 709. The molecule has 3 rings (SSSR count). The first kappa shape index (κ1) is 12.7. The number of nitrogen functional groups attached to an aromatic ring is 1. The maximum Gasteiger partial charge on any atom is 0.289 e. The van der Waals surface area contributed by atoms with Crippen LogP contribution in [0.5, 0.6) is 0 Å². The van der Waals surface area contributed by atoms with Crippen LogP contribution in [0.3, 0.4) is 0 Å². The number of fused-ring (bicyclic) bond motifs is 1. The topological polar surface area (TPSA) is 77.1 Å². The van der Waals surface area contributed by atoms with Crippen LogP contribution in [0.1, 0.15) is 35.9 Å². The monoisotopic (exact) mass is 268 g/mol. The lowest BCUT2D eigenvalue weighted by Crippen LogP contribution is -2.26. The van der Waals surface area contributed by atoms with Crippen LogP contribution in [0, 0.1) is 24.2 Å². The van der Waals surface area contributed by atoms with Crippen LogP contribution in [0.2, 0.25) is 0 Å². The van der Waals surface area contributed by atoms with Crippen molar-refractivity contribution in [3.63, 3.8) is 0 Å². The Kier molecular flexibility index (Phi) is 2.98. The van der Waals surface area contributed by atoms with Gasteiger partial charge in [-0.05, 0) is 37.8 Å². The van der Waals surface area contributed by atoms with E-state index in [1.54, 1.807) is 0 Å². The van der Waals surface area contributed by atoms with Crippen molar-refractivity contribution in [2.24, 2.45) is 5.92 Å². The van der Waals surface area contributed by atoms with Crippen molar-refractivity contribution in [2.75, 3.05) is 5.73 Å². The van der Waals surface area contributed by atoms with E-state index in [1.807, 2.05) is 19.1 Å². The van der Waals surface area contributed by atoms with E-state index in [4.69, 9.17) is 10.2 Å². The standard InChI is InChI=1S/C16H17N3O/c1-9-3-5-13-11(7-9)15(12(8-17)16(18)19-13)14-6-4-10(2)20-14/h4,6,9H,3,5,7H2,1-2H3,(H2,18,19)/p+1. The average molecular weight is 268 g/mol. The van der Waals surface area contributed by atoms with E-state index in [2.05, 4.69) is 18.0 Å². The number of aryl methyl sites for hydroxylation is 2. The molecule has 1 atom stereocenters. The summed E-state index contributed by atoms with van der Waals surface area (Å²) < 4.78 is 5.75. The first-order valence-electron chi connectivity index (χ1n) is 6.93. The van der Waals surface area contributed by atoms with Crippen molar-refractivity contribution in [2.45, 2.75) is 33.1 Å². The van der Waals surface area contributed by atoms with Crippen molar-refractivity contribution >= 4 is 5.82 Å². The van der Waals surface area contributed by atoms with Crippen molar-refractivity contribution in [3.8, 4) is 17.4 Å². The summed E-state index contributed by atoms with van der Waals surface area (Å²) in [5, 5.41) is 9.44. The zero-order valence-corrected chi connectivity index (χ0v) is 11.8. The number of nitrogens with two attached hydrogens (primary N) is 1. The van der Waals surface area contributed by atoms with Crippen molar-refractivity contribution in [1.82, 2.24) is 0 Å². The molecule has 0 bridgehead atoms. The number of nitrogens with one attached hydrogen (secondary N) is 1. The molecule has 1 aliphatic rings. The predicted octanol–water partition coefficient (Wildman–Crippen LogP) is 2.65. The van der Waals surface area contributed by atoms with Gasteiger partial charge in [-0.3, -0.25) is 5.73 Å². The molecule has 0 amide bonds. The van der Waals surface area contributed by atoms with Gasteiger partial charge in [-0.15, -0.1) is 0 Å². The maximum atomic E-state index is 9.44. The van der Waals surface area contributed by atoms with Crippen LogP contribution in [-0.2, 0) is 12.8 Å². The molecule has 2 heterocycles. The SMILES string of the molecule is Cc1ccc(-c2c(C#N)c(N)[nH+]c3c2CC(C)CC3)o1. The van der Waals surface area contributed by atoms with Gasteiger partial charge in [0.1, 0.15) is 23.3 Å². The summed E-state index contributed by atoms with van der Waals surface area (Å²) in [7, 11) is 0. The first-order valence-corrected chi connectivity index (χ1v) is 6.93. The molecule has 0 fully saturated rings. The fourth-order valence-corrected chi connectivity index (χ4v) is 2.97. The molecule has 0 radical (unpaired) electrons. The molecule has 20 heavy (non-hydrogen) atoms. The summed E-state index contributed by atoms with van der Waals surface area (Å²) in [5.41, 5.74) is 9.71. The normalized spacial score (nSPS) is 17.6. The smallest absolute Gasteiger partial charge is 0.289 e. The Morgan fingerprint density at radius 3 is 2.90 bits per heavy atom. The summed E-state index contributed by atoms with van der Waals surface area (Å²) >= 11 is 0. The lowest BCUT2D eigenvalue weighted by Gasteiger charge is -2.22. The van der Waals surface area contributed by atoms with Gasteiger partial charge in [0.15, 0.2) is 5.56 Å². The van der Waals surface area contributed by atoms with E-state index in [0.717, 1.165) is 42.0 Å². The number of hydrogen-bond acceptors (Lipinski definition) is 3. The number of aromatic nitrogens is 1.